The minimum absolute atomic E-state index is 0.0962. The molecule has 0 saturated carbocycles. The molecule has 0 fully saturated rings. The lowest BCUT2D eigenvalue weighted by molar-refractivity contribution is -0.139. The highest BCUT2D eigenvalue weighted by atomic mass is 19.4. The van der Waals surface area contributed by atoms with Gasteiger partial charge in [-0.05, 0) is 43.5 Å². The number of aromatic nitrogens is 3. The van der Waals surface area contributed by atoms with E-state index in [0.29, 0.717) is 23.1 Å². The van der Waals surface area contributed by atoms with Crippen molar-refractivity contribution in [3.8, 4) is 17.0 Å². The molecule has 31 heavy (non-hydrogen) atoms. The second kappa shape index (κ2) is 8.44. The average molecular weight is 436 g/mol. The first-order chi connectivity index (χ1) is 14.5. The number of primary amides is 1. The van der Waals surface area contributed by atoms with E-state index in [2.05, 4.69) is 15.0 Å². The van der Waals surface area contributed by atoms with E-state index in [9.17, 15) is 18.0 Å². The van der Waals surface area contributed by atoms with Gasteiger partial charge in [-0.25, -0.2) is 14.8 Å². The van der Waals surface area contributed by atoms with Crippen LogP contribution in [0.4, 0.5) is 18.0 Å². The molecule has 0 spiro atoms. The van der Waals surface area contributed by atoms with Gasteiger partial charge in [-0.2, -0.15) is 13.2 Å². The van der Waals surface area contributed by atoms with E-state index in [1.807, 2.05) is 13.8 Å². The van der Waals surface area contributed by atoms with E-state index in [1.54, 1.807) is 19.2 Å². The third-order valence-electron chi connectivity index (χ3n) is 4.63. The van der Waals surface area contributed by atoms with E-state index < -0.39 is 23.4 Å². The summed E-state index contributed by atoms with van der Waals surface area (Å²) in [6.45, 7) is 5.07. The maximum absolute atomic E-state index is 13.8. The number of hydrogen-bond acceptors (Lipinski definition) is 5. The van der Waals surface area contributed by atoms with Crippen molar-refractivity contribution >= 4 is 17.1 Å². The Bertz CT molecular complexity index is 1080. The van der Waals surface area contributed by atoms with Crippen LogP contribution in [0.5, 0.6) is 5.75 Å². The number of ether oxygens (including phenoxy) is 2. The summed E-state index contributed by atoms with van der Waals surface area (Å²) in [4.78, 5) is 22.4. The minimum atomic E-state index is -4.67. The molecule has 2 aromatic heterocycles. The SMILES string of the molecule is CC(C)C[C@@](C)(COc1ccc(-c2ncnc3[nH]ccc23)cc1C(F)(F)F)OC(N)=O. The summed E-state index contributed by atoms with van der Waals surface area (Å²) < 4.78 is 52.1. The number of hydrogen-bond donors (Lipinski definition) is 2. The van der Waals surface area contributed by atoms with Crippen molar-refractivity contribution in [1.29, 1.82) is 0 Å². The number of amides is 1. The second-order valence-electron chi connectivity index (χ2n) is 7.93. The molecule has 0 radical (unpaired) electrons. The van der Waals surface area contributed by atoms with Crippen LogP contribution in [0.25, 0.3) is 22.3 Å². The van der Waals surface area contributed by atoms with Gasteiger partial charge in [0, 0.05) is 17.1 Å². The molecule has 0 unspecified atom stereocenters. The highest BCUT2D eigenvalue weighted by Crippen LogP contribution is 2.40. The highest BCUT2D eigenvalue weighted by Gasteiger charge is 2.37. The molecule has 7 nitrogen and oxygen atoms in total. The summed E-state index contributed by atoms with van der Waals surface area (Å²) in [7, 11) is 0. The van der Waals surface area contributed by atoms with Crippen molar-refractivity contribution < 1.29 is 27.4 Å². The van der Waals surface area contributed by atoms with Gasteiger partial charge in [0.25, 0.3) is 0 Å². The van der Waals surface area contributed by atoms with Crippen molar-refractivity contribution in [1.82, 2.24) is 15.0 Å². The fraction of sp³-hybridized carbons (Fsp3) is 0.381. The van der Waals surface area contributed by atoms with Crippen molar-refractivity contribution in [2.24, 2.45) is 11.7 Å². The summed E-state index contributed by atoms with van der Waals surface area (Å²) in [5, 5.41) is 0.601. The van der Waals surface area contributed by atoms with Crippen LogP contribution in [0, 0.1) is 5.92 Å². The molecular weight excluding hydrogens is 413 g/mol. The third-order valence-corrected chi connectivity index (χ3v) is 4.63. The maximum atomic E-state index is 13.8. The summed E-state index contributed by atoms with van der Waals surface area (Å²) in [5.74, 6) is -0.280. The Labute approximate surface area is 176 Å². The fourth-order valence-electron chi connectivity index (χ4n) is 3.59. The lowest BCUT2D eigenvalue weighted by Gasteiger charge is -2.30. The maximum Gasteiger partial charge on any atom is 0.419 e. The molecule has 3 rings (SSSR count). The van der Waals surface area contributed by atoms with E-state index >= 15 is 0 Å². The Hall–Kier alpha value is -3.30. The van der Waals surface area contributed by atoms with Crippen LogP contribution in [0.1, 0.15) is 32.8 Å². The number of H-pyrrole nitrogens is 1. The molecule has 0 aliphatic heterocycles. The smallest absolute Gasteiger partial charge is 0.419 e. The Kier molecular flexibility index (Phi) is 6.10. The number of carbonyl (C=O) groups is 1. The molecule has 0 aliphatic rings. The highest BCUT2D eigenvalue weighted by molar-refractivity contribution is 5.90. The monoisotopic (exact) mass is 436 g/mol. The number of carbonyl (C=O) groups excluding carboxylic acids is 1. The Balaban J connectivity index is 1.96. The first-order valence-corrected chi connectivity index (χ1v) is 9.59. The number of fused-ring (bicyclic) bond motifs is 1. The van der Waals surface area contributed by atoms with Gasteiger partial charge in [0.2, 0.25) is 0 Å². The summed E-state index contributed by atoms with van der Waals surface area (Å²) >= 11 is 0. The lowest BCUT2D eigenvalue weighted by atomic mass is 9.95. The topological polar surface area (TPSA) is 103 Å². The Morgan fingerprint density at radius 3 is 2.61 bits per heavy atom. The quantitative estimate of drug-likeness (QED) is 0.547. The van der Waals surface area contributed by atoms with Gasteiger partial charge in [-0.15, -0.1) is 0 Å². The number of rotatable bonds is 7. The van der Waals surface area contributed by atoms with Crippen molar-refractivity contribution in [2.45, 2.75) is 39.0 Å². The second-order valence-corrected chi connectivity index (χ2v) is 7.93. The predicted octanol–water partition coefficient (Wildman–Crippen LogP) is 4.92. The first-order valence-electron chi connectivity index (χ1n) is 9.59. The van der Waals surface area contributed by atoms with Gasteiger partial charge in [-0.1, -0.05) is 13.8 Å². The number of aromatic amines is 1. The molecule has 1 aromatic carbocycles. The van der Waals surface area contributed by atoms with E-state index in [1.165, 1.54) is 18.5 Å². The van der Waals surface area contributed by atoms with Gasteiger partial charge in [0.1, 0.15) is 29.9 Å². The first kappa shape index (κ1) is 22.4. The normalized spacial score (nSPS) is 13.9. The number of benzene rings is 1. The molecule has 0 saturated heterocycles. The number of nitrogens with zero attached hydrogens (tertiary/aromatic N) is 2. The number of alkyl halides is 3. The molecule has 0 bridgehead atoms. The summed E-state index contributed by atoms with van der Waals surface area (Å²) in [6, 6.07) is 5.41. The van der Waals surface area contributed by atoms with Crippen LogP contribution in [0.3, 0.4) is 0 Å². The predicted molar refractivity (Wildman–Crippen MR) is 108 cm³/mol. The molecule has 1 atom stereocenters. The molecule has 0 aliphatic carbocycles. The van der Waals surface area contributed by atoms with Crippen LogP contribution < -0.4 is 10.5 Å². The molecule has 2 heterocycles. The van der Waals surface area contributed by atoms with Gasteiger partial charge < -0.3 is 20.2 Å². The Morgan fingerprint density at radius 1 is 1.23 bits per heavy atom. The van der Waals surface area contributed by atoms with Gasteiger partial charge in [0.15, 0.2) is 0 Å². The summed E-state index contributed by atoms with van der Waals surface area (Å²) in [5.41, 5.74) is 4.15. The van der Waals surface area contributed by atoms with Gasteiger partial charge in [-0.3, -0.25) is 0 Å². The molecule has 10 heteroatoms. The minimum Gasteiger partial charge on any atom is -0.489 e. The molecule has 3 N–H and O–H groups in total. The zero-order valence-corrected chi connectivity index (χ0v) is 17.3. The van der Waals surface area contributed by atoms with Crippen molar-refractivity contribution in [2.75, 3.05) is 6.61 Å². The zero-order chi connectivity index (χ0) is 22.8. The van der Waals surface area contributed by atoms with Crippen LogP contribution in [0.15, 0.2) is 36.8 Å². The van der Waals surface area contributed by atoms with Crippen LogP contribution >= 0.6 is 0 Å². The van der Waals surface area contributed by atoms with Crippen LogP contribution in [-0.4, -0.2) is 33.3 Å². The number of nitrogens with two attached hydrogens (primary N) is 1. The Morgan fingerprint density at radius 2 is 1.97 bits per heavy atom. The third kappa shape index (κ3) is 5.25. The number of nitrogens with one attached hydrogen (secondary N) is 1. The average Bonchev–Trinajstić information content (AvgIpc) is 3.13. The van der Waals surface area contributed by atoms with E-state index in [4.69, 9.17) is 15.2 Å². The fourth-order valence-corrected chi connectivity index (χ4v) is 3.59. The van der Waals surface area contributed by atoms with Crippen LogP contribution in [0.2, 0.25) is 0 Å². The van der Waals surface area contributed by atoms with E-state index in [0.717, 1.165) is 6.07 Å². The van der Waals surface area contributed by atoms with Crippen molar-refractivity contribution in [3.63, 3.8) is 0 Å². The molecule has 1 amide bonds. The van der Waals surface area contributed by atoms with E-state index in [-0.39, 0.29) is 23.8 Å². The van der Waals surface area contributed by atoms with Crippen molar-refractivity contribution in [3.05, 3.63) is 42.4 Å². The molecule has 3 aromatic rings. The standard InChI is InChI=1S/C21H23F3N4O3/c1-12(2)9-20(3,31-19(25)29)10-30-16-5-4-13(8-15(16)21(22,23)24)17-14-6-7-26-18(14)28-11-27-17/h4-8,11-12H,9-10H2,1-3H3,(H2,25,29)(H,26,27,28)/t20-/m0/s1. The van der Waals surface area contributed by atoms with Gasteiger partial charge in [0.05, 0.1) is 11.3 Å². The zero-order valence-electron chi connectivity index (χ0n) is 17.3. The van der Waals surface area contributed by atoms with Crippen LogP contribution in [-0.2, 0) is 10.9 Å². The molecular formula is C21H23F3N4O3. The number of halogens is 3. The molecule has 166 valence electrons. The van der Waals surface area contributed by atoms with Gasteiger partial charge >= 0.3 is 12.3 Å². The summed E-state index contributed by atoms with van der Waals surface area (Å²) in [6.07, 6.45) is -2.41. The lowest BCUT2D eigenvalue weighted by Crippen LogP contribution is -2.41. The largest absolute Gasteiger partial charge is 0.489 e.